The van der Waals surface area contributed by atoms with Crippen LogP contribution in [0.1, 0.15) is 40.6 Å². The van der Waals surface area contributed by atoms with Gasteiger partial charge in [0.05, 0.1) is 11.9 Å². The van der Waals surface area contributed by atoms with Crippen molar-refractivity contribution in [1.82, 2.24) is 15.2 Å². The van der Waals surface area contributed by atoms with Crippen LogP contribution in [0.4, 0.5) is 10.8 Å². The fraction of sp³-hybridized carbons (Fsp3) is 0.364. The molecule has 1 unspecified atom stereocenters. The summed E-state index contributed by atoms with van der Waals surface area (Å²) >= 11 is 1.12. The quantitative estimate of drug-likeness (QED) is 0.374. The van der Waals surface area contributed by atoms with Gasteiger partial charge in [0.15, 0.2) is 0 Å². The molecule has 2 heterocycles. The molecule has 1 atom stereocenters. The number of amides is 2. The molecule has 1 aromatic heterocycles. The number of likely N-dealkylation sites (tertiary alicyclic amines) is 1. The Kier molecular flexibility index (Phi) is 7.47. The van der Waals surface area contributed by atoms with Gasteiger partial charge in [-0.15, -0.1) is 0 Å². The molecule has 1 fully saturated rings. The number of rotatable bonds is 7. The van der Waals surface area contributed by atoms with Crippen molar-refractivity contribution < 1.29 is 14.7 Å². The van der Waals surface area contributed by atoms with Crippen LogP contribution in [-0.2, 0) is 4.79 Å². The lowest BCUT2D eigenvalue weighted by Gasteiger charge is -2.15. The van der Waals surface area contributed by atoms with Gasteiger partial charge in [-0.1, -0.05) is 24.3 Å². The monoisotopic (exact) mass is 456 g/mol. The minimum Gasteiger partial charge on any atom is -0.508 e. The van der Waals surface area contributed by atoms with Crippen molar-refractivity contribution in [2.45, 2.75) is 39.7 Å². The summed E-state index contributed by atoms with van der Waals surface area (Å²) in [6.07, 6.45) is 6.20. The van der Waals surface area contributed by atoms with Gasteiger partial charge in [0.1, 0.15) is 16.5 Å². The SMILES string of the molecule is CCC(=O)N1CCC(N/C=C\C(N)=N/c2ncc(C(=O)Nc3c(C)ccc(O)c3C)s2)C1. The average Bonchev–Trinajstić information content (AvgIpc) is 3.43. The first-order valence-corrected chi connectivity index (χ1v) is 11.2. The number of aromatic hydroxyl groups is 1. The fourth-order valence-electron chi connectivity index (χ4n) is 3.39. The molecule has 1 saturated heterocycles. The number of aromatic nitrogens is 1. The summed E-state index contributed by atoms with van der Waals surface area (Å²) in [6, 6.07) is 3.53. The number of benzene rings is 1. The summed E-state index contributed by atoms with van der Waals surface area (Å²) in [7, 11) is 0. The molecule has 0 spiro atoms. The Morgan fingerprint density at radius 2 is 2.19 bits per heavy atom. The van der Waals surface area contributed by atoms with E-state index in [1.165, 1.54) is 6.20 Å². The van der Waals surface area contributed by atoms with Gasteiger partial charge in [-0.3, -0.25) is 9.59 Å². The average molecular weight is 457 g/mol. The minimum absolute atomic E-state index is 0.121. The van der Waals surface area contributed by atoms with Gasteiger partial charge >= 0.3 is 0 Å². The zero-order chi connectivity index (χ0) is 23.3. The summed E-state index contributed by atoms with van der Waals surface area (Å²) < 4.78 is 0. The van der Waals surface area contributed by atoms with E-state index < -0.39 is 0 Å². The number of phenols is 1. The van der Waals surface area contributed by atoms with Gasteiger partial charge in [-0.05, 0) is 38.0 Å². The van der Waals surface area contributed by atoms with Gasteiger partial charge in [0, 0.05) is 37.3 Å². The molecule has 170 valence electrons. The van der Waals surface area contributed by atoms with E-state index >= 15 is 0 Å². The molecule has 0 aliphatic carbocycles. The molecule has 10 heteroatoms. The summed E-state index contributed by atoms with van der Waals surface area (Å²) in [5, 5.41) is 16.3. The minimum atomic E-state index is -0.330. The van der Waals surface area contributed by atoms with Gasteiger partial charge in [-0.2, -0.15) is 0 Å². The highest BCUT2D eigenvalue weighted by molar-refractivity contribution is 7.17. The summed E-state index contributed by atoms with van der Waals surface area (Å²) in [4.78, 5) is 34.9. The Morgan fingerprint density at radius 1 is 1.41 bits per heavy atom. The predicted octanol–water partition coefficient (Wildman–Crippen LogP) is 2.82. The first kappa shape index (κ1) is 23.3. The molecule has 5 N–H and O–H groups in total. The smallest absolute Gasteiger partial charge is 0.267 e. The second-order valence-electron chi connectivity index (χ2n) is 7.58. The topological polar surface area (TPSA) is 133 Å². The third-order valence-corrected chi connectivity index (χ3v) is 6.14. The van der Waals surface area contributed by atoms with Crippen molar-refractivity contribution in [3.8, 4) is 5.75 Å². The Labute approximate surface area is 191 Å². The van der Waals surface area contributed by atoms with Crippen LogP contribution in [0.2, 0.25) is 0 Å². The molecule has 1 aliphatic rings. The second-order valence-corrected chi connectivity index (χ2v) is 8.59. The van der Waals surface area contributed by atoms with Crippen molar-refractivity contribution in [2.24, 2.45) is 10.7 Å². The van der Waals surface area contributed by atoms with Crippen LogP contribution < -0.4 is 16.4 Å². The maximum Gasteiger partial charge on any atom is 0.267 e. The number of carbonyl (C=O) groups is 2. The molecule has 1 aromatic carbocycles. The van der Waals surface area contributed by atoms with Crippen LogP contribution in [0.3, 0.4) is 0 Å². The van der Waals surface area contributed by atoms with Crippen molar-refractivity contribution in [3.05, 3.63) is 46.6 Å². The standard InChI is InChI=1S/C22H28N6O3S/c1-4-19(30)28-10-8-15(12-28)24-9-7-18(23)26-22-25-11-17(32-22)21(31)27-20-13(2)5-6-16(29)14(20)3/h5-7,9,11,15,24,29H,4,8,10,12H2,1-3H3,(H,27,31)(H2,23,25,26)/b9-7-. The van der Waals surface area contributed by atoms with E-state index in [1.807, 2.05) is 18.7 Å². The number of phenolic OH excluding ortho intramolecular Hbond substituents is 1. The molecular weight excluding hydrogens is 428 g/mol. The molecule has 3 rings (SSSR count). The number of nitrogens with zero attached hydrogens (tertiary/aromatic N) is 3. The fourth-order valence-corrected chi connectivity index (χ4v) is 4.09. The van der Waals surface area contributed by atoms with E-state index in [-0.39, 0.29) is 29.4 Å². The maximum atomic E-state index is 12.6. The number of hydrogen-bond donors (Lipinski definition) is 4. The lowest BCUT2D eigenvalue weighted by Crippen LogP contribution is -2.32. The molecular formula is C22H28N6O3S. The number of thiazole rings is 1. The first-order valence-electron chi connectivity index (χ1n) is 10.4. The van der Waals surface area contributed by atoms with Crippen LogP contribution in [0, 0.1) is 13.8 Å². The maximum absolute atomic E-state index is 12.6. The predicted molar refractivity (Wildman–Crippen MR) is 126 cm³/mol. The molecule has 2 amide bonds. The molecule has 0 bridgehead atoms. The molecule has 9 nitrogen and oxygen atoms in total. The number of aryl methyl sites for hydroxylation is 1. The second kappa shape index (κ2) is 10.3. The zero-order valence-corrected chi connectivity index (χ0v) is 19.2. The van der Waals surface area contributed by atoms with E-state index in [1.54, 1.807) is 31.3 Å². The molecule has 1 aliphatic heterocycles. The van der Waals surface area contributed by atoms with Crippen molar-refractivity contribution in [3.63, 3.8) is 0 Å². The Hall–Kier alpha value is -3.40. The number of hydrogen-bond acceptors (Lipinski definition) is 7. The van der Waals surface area contributed by atoms with Crippen molar-refractivity contribution in [1.29, 1.82) is 0 Å². The lowest BCUT2D eigenvalue weighted by atomic mass is 10.1. The molecule has 32 heavy (non-hydrogen) atoms. The van der Waals surface area contributed by atoms with Crippen LogP contribution in [0.15, 0.2) is 35.6 Å². The highest BCUT2D eigenvalue weighted by atomic mass is 32.1. The van der Waals surface area contributed by atoms with Crippen molar-refractivity contribution in [2.75, 3.05) is 18.4 Å². The summed E-state index contributed by atoms with van der Waals surface area (Å²) in [6.45, 7) is 6.90. The Bertz CT molecular complexity index is 1060. The van der Waals surface area contributed by atoms with Crippen LogP contribution in [0.5, 0.6) is 5.75 Å². The van der Waals surface area contributed by atoms with Crippen LogP contribution in [0.25, 0.3) is 0 Å². The number of aliphatic imine (C=N–C) groups is 1. The zero-order valence-electron chi connectivity index (χ0n) is 18.4. The van der Waals surface area contributed by atoms with E-state index in [4.69, 9.17) is 5.73 Å². The van der Waals surface area contributed by atoms with Crippen LogP contribution >= 0.6 is 11.3 Å². The number of anilines is 1. The lowest BCUT2D eigenvalue weighted by molar-refractivity contribution is -0.129. The first-order chi connectivity index (χ1) is 15.3. The molecule has 0 saturated carbocycles. The van der Waals surface area contributed by atoms with Gasteiger partial charge < -0.3 is 26.4 Å². The third kappa shape index (κ3) is 5.64. The highest BCUT2D eigenvalue weighted by Gasteiger charge is 2.24. The Morgan fingerprint density at radius 3 is 2.94 bits per heavy atom. The number of amidine groups is 1. The Balaban J connectivity index is 1.57. The third-order valence-electron chi connectivity index (χ3n) is 5.25. The van der Waals surface area contributed by atoms with Gasteiger partial charge in [-0.25, -0.2) is 9.98 Å². The summed E-state index contributed by atoms with van der Waals surface area (Å²) in [5.41, 5.74) is 7.98. The normalized spacial score (nSPS) is 16.5. The van der Waals surface area contributed by atoms with E-state index in [0.717, 1.165) is 29.9 Å². The van der Waals surface area contributed by atoms with Gasteiger partial charge in [0.2, 0.25) is 11.0 Å². The molecule has 0 radical (unpaired) electrons. The molecule has 2 aromatic rings. The highest BCUT2D eigenvalue weighted by Crippen LogP contribution is 2.29. The number of nitrogens with one attached hydrogen (secondary N) is 2. The van der Waals surface area contributed by atoms with E-state index in [9.17, 15) is 14.7 Å². The largest absolute Gasteiger partial charge is 0.508 e. The number of carbonyl (C=O) groups excluding carboxylic acids is 2. The summed E-state index contributed by atoms with van der Waals surface area (Å²) in [5.74, 6) is 0.204. The van der Waals surface area contributed by atoms with E-state index in [0.29, 0.717) is 34.2 Å². The van der Waals surface area contributed by atoms with Crippen molar-refractivity contribution >= 4 is 39.8 Å². The van der Waals surface area contributed by atoms with E-state index in [2.05, 4.69) is 20.6 Å². The van der Waals surface area contributed by atoms with Crippen LogP contribution in [-0.4, -0.2) is 51.8 Å². The van der Waals surface area contributed by atoms with Gasteiger partial charge in [0.25, 0.3) is 5.91 Å². The number of nitrogens with two attached hydrogens (primary N) is 1.